The number of rotatable bonds is 6. The Hall–Kier alpha value is -7.38. The fourth-order valence-corrected chi connectivity index (χ4v) is 11.6. The van der Waals surface area contributed by atoms with Gasteiger partial charge in [-0.3, -0.25) is 0 Å². The van der Waals surface area contributed by atoms with Crippen LogP contribution in [-0.2, 0) is 27.1 Å². The minimum Gasteiger partial charge on any atom is -0.311 e. The van der Waals surface area contributed by atoms with Crippen LogP contribution in [0.15, 0.2) is 158 Å². The Bertz CT molecular complexity index is 3670. The minimum atomic E-state index is -0.181. The molecule has 0 amide bonds. The van der Waals surface area contributed by atoms with E-state index >= 15 is 0 Å². The first-order valence-corrected chi connectivity index (χ1v) is 27.8. The maximum Gasteiger partial charge on any atom is 0.252 e. The second-order valence-electron chi connectivity index (χ2n) is 27.2. The van der Waals surface area contributed by atoms with E-state index in [-0.39, 0.29) is 33.8 Å². The molecule has 3 heterocycles. The second kappa shape index (κ2) is 18.1. The number of aryl methyl sites for hydroxylation is 2. The van der Waals surface area contributed by atoms with Crippen LogP contribution in [-0.4, -0.2) is 21.7 Å². The quantitative estimate of drug-likeness (QED) is 0.155. The van der Waals surface area contributed by atoms with Crippen LogP contribution in [0.2, 0.25) is 0 Å². The molecule has 0 saturated heterocycles. The van der Waals surface area contributed by atoms with E-state index in [1.165, 1.54) is 78.1 Å². The Morgan fingerprint density at radius 2 is 0.792 bits per heavy atom. The normalized spacial score (nSPS) is 13.7. The molecule has 0 saturated carbocycles. The van der Waals surface area contributed by atoms with Crippen LogP contribution in [0.4, 0.5) is 51.2 Å². The molecule has 390 valence electrons. The van der Waals surface area contributed by atoms with Crippen molar-refractivity contribution in [2.24, 2.45) is 0 Å². The SMILES string of the molecule is Cc1cc(C(C)(C)C)ccc1N(c1ccc2c(c1)N(c1ccc(C(C)(C)C)cc1)c1cc(C(C)(C)C)cc3c1B2c1cc2nn(-c4ccccc4)nc2cc1N3c1ccc(C(C)(C)C)cc1)c1ccc(C(C)(C)C)cc1C. The number of anilines is 9. The monoisotopic (exact) mass is 1010 g/mol. The highest BCUT2D eigenvalue weighted by molar-refractivity contribution is 7.00. The van der Waals surface area contributed by atoms with Gasteiger partial charge >= 0.3 is 0 Å². The lowest BCUT2D eigenvalue weighted by atomic mass is 9.33. The zero-order valence-corrected chi connectivity index (χ0v) is 48.8. The van der Waals surface area contributed by atoms with Gasteiger partial charge in [-0.25, -0.2) is 0 Å². The van der Waals surface area contributed by atoms with Gasteiger partial charge in [0.2, 0.25) is 0 Å². The number of hydrogen-bond acceptors (Lipinski definition) is 5. The van der Waals surface area contributed by atoms with Crippen LogP contribution in [0.5, 0.6) is 0 Å². The first kappa shape index (κ1) is 51.7. The summed E-state index contributed by atoms with van der Waals surface area (Å²) in [5.41, 5.74) is 25.5. The average Bonchev–Trinajstić information content (AvgIpc) is 3.83. The molecule has 0 radical (unpaired) electrons. The highest BCUT2D eigenvalue weighted by Crippen LogP contribution is 2.49. The van der Waals surface area contributed by atoms with Crippen LogP contribution in [0.1, 0.15) is 143 Å². The van der Waals surface area contributed by atoms with E-state index in [4.69, 9.17) is 10.2 Å². The van der Waals surface area contributed by atoms with Gasteiger partial charge in [0.05, 0.1) is 5.69 Å². The van der Waals surface area contributed by atoms with Crippen LogP contribution < -0.4 is 31.1 Å². The summed E-state index contributed by atoms with van der Waals surface area (Å²) in [4.78, 5) is 9.40. The molecule has 0 unspecified atom stereocenters. The van der Waals surface area contributed by atoms with E-state index in [2.05, 4.69) is 272 Å². The van der Waals surface area contributed by atoms with Crippen molar-refractivity contribution in [2.45, 2.75) is 145 Å². The largest absolute Gasteiger partial charge is 0.311 e. The highest BCUT2D eigenvalue weighted by Gasteiger charge is 2.45. The molecule has 7 heteroatoms. The summed E-state index contributed by atoms with van der Waals surface area (Å²) in [6, 6.07) is 59.9. The van der Waals surface area contributed by atoms with Crippen LogP contribution in [0.3, 0.4) is 0 Å². The lowest BCUT2D eigenvalue weighted by Crippen LogP contribution is -2.61. The van der Waals surface area contributed by atoms with Crippen molar-refractivity contribution < 1.29 is 0 Å². The third-order valence-corrected chi connectivity index (χ3v) is 16.3. The topological polar surface area (TPSA) is 40.4 Å². The average molecular weight is 1010 g/mol. The maximum atomic E-state index is 5.22. The zero-order valence-electron chi connectivity index (χ0n) is 48.8. The van der Waals surface area contributed by atoms with Gasteiger partial charge < -0.3 is 14.7 Å². The number of aromatic nitrogens is 3. The molecule has 11 rings (SSSR count). The Balaban J connectivity index is 1.23. The summed E-state index contributed by atoms with van der Waals surface area (Å²) < 4.78 is 0. The Kier molecular flexibility index (Phi) is 12.2. The summed E-state index contributed by atoms with van der Waals surface area (Å²) >= 11 is 0. The zero-order chi connectivity index (χ0) is 54.9. The van der Waals surface area contributed by atoms with Crippen LogP contribution in [0, 0.1) is 13.8 Å². The first-order chi connectivity index (χ1) is 36.1. The summed E-state index contributed by atoms with van der Waals surface area (Å²) in [5, 5.41) is 10.4. The van der Waals surface area contributed by atoms with Crippen molar-refractivity contribution in [3.8, 4) is 5.69 Å². The predicted octanol–water partition coefficient (Wildman–Crippen LogP) is 17.1. The smallest absolute Gasteiger partial charge is 0.252 e. The lowest BCUT2D eigenvalue weighted by Gasteiger charge is -2.45. The number of para-hydroxylation sites is 1. The maximum absolute atomic E-state index is 5.22. The molecule has 0 spiro atoms. The van der Waals surface area contributed by atoms with Crippen molar-refractivity contribution in [3.05, 3.63) is 197 Å². The van der Waals surface area contributed by atoms with Crippen molar-refractivity contribution in [1.29, 1.82) is 0 Å². The molecule has 0 N–H and O–H groups in total. The first-order valence-electron chi connectivity index (χ1n) is 27.8. The number of hydrogen-bond donors (Lipinski definition) is 0. The second-order valence-corrected chi connectivity index (χ2v) is 27.2. The van der Waals surface area contributed by atoms with Gasteiger partial charge in [-0.2, -0.15) is 4.80 Å². The number of nitrogens with zero attached hydrogens (tertiary/aromatic N) is 6. The van der Waals surface area contributed by atoms with E-state index in [0.29, 0.717) is 0 Å². The van der Waals surface area contributed by atoms with Crippen molar-refractivity contribution in [2.75, 3.05) is 14.7 Å². The fraction of sp³-hybridized carbons (Fsp3) is 0.314. The van der Waals surface area contributed by atoms with Gasteiger partial charge in [-0.1, -0.05) is 177 Å². The molecule has 9 aromatic rings. The summed E-state index contributed by atoms with van der Waals surface area (Å²) in [6.45, 7) is 39.0. The van der Waals surface area contributed by atoms with Crippen LogP contribution in [0.25, 0.3) is 16.7 Å². The summed E-state index contributed by atoms with van der Waals surface area (Å²) in [7, 11) is 0. The number of benzene rings is 8. The third-order valence-electron chi connectivity index (χ3n) is 16.3. The van der Waals surface area contributed by atoms with Gasteiger partial charge in [0, 0.05) is 51.2 Å². The molecule has 0 aliphatic carbocycles. The molecule has 0 fully saturated rings. The lowest BCUT2D eigenvalue weighted by molar-refractivity contribution is 0.589. The number of fused-ring (bicyclic) bond motifs is 5. The predicted molar refractivity (Wildman–Crippen MR) is 331 cm³/mol. The van der Waals surface area contributed by atoms with E-state index in [9.17, 15) is 0 Å². The van der Waals surface area contributed by atoms with Crippen molar-refractivity contribution in [1.82, 2.24) is 15.0 Å². The molecule has 2 aliphatic rings. The Morgan fingerprint density at radius 1 is 0.364 bits per heavy atom. The van der Waals surface area contributed by atoms with E-state index in [0.717, 1.165) is 45.2 Å². The molecule has 77 heavy (non-hydrogen) atoms. The van der Waals surface area contributed by atoms with E-state index in [1.54, 1.807) is 4.80 Å². The standard InChI is InChI=1S/C70H77BN6/c1-44-37-48(68(9,10)11)27-35-59(44)76(60-36-28-49(38-45(60)2)69(12,13)14)54-33-34-55-61(41-54)74(51-29-23-46(24-30-51)66(3,4)5)63-39-50(70(15,16)17)40-64-65(63)71(55)56-42-57-58(73-77(72-57)53-21-19-18-20-22-53)43-62(56)75(64)52-31-25-47(26-32-52)67(6,7)8/h18-43H,1-17H3. The van der Waals surface area contributed by atoms with Crippen molar-refractivity contribution in [3.63, 3.8) is 0 Å². The van der Waals surface area contributed by atoms with E-state index < -0.39 is 0 Å². The Morgan fingerprint density at radius 3 is 1.23 bits per heavy atom. The molecule has 8 aromatic carbocycles. The van der Waals surface area contributed by atoms with Crippen molar-refractivity contribution >= 4 is 85.3 Å². The van der Waals surface area contributed by atoms with Crippen LogP contribution >= 0.6 is 0 Å². The highest BCUT2D eigenvalue weighted by atomic mass is 15.5. The van der Waals surface area contributed by atoms with Gasteiger partial charge in [-0.05, 0) is 181 Å². The van der Waals surface area contributed by atoms with Gasteiger partial charge in [0.25, 0.3) is 6.71 Å². The summed E-state index contributed by atoms with van der Waals surface area (Å²) in [6.07, 6.45) is 0. The molecule has 1 aromatic heterocycles. The van der Waals surface area contributed by atoms with Gasteiger partial charge in [0.1, 0.15) is 11.0 Å². The van der Waals surface area contributed by atoms with E-state index in [1.807, 2.05) is 18.2 Å². The molecule has 6 nitrogen and oxygen atoms in total. The summed E-state index contributed by atoms with van der Waals surface area (Å²) in [5.74, 6) is 0. The minimum absolute atomic E-state index is 0.00117. The molecular formula is C70H77BN6. The fourth-order valence-electron chi connectivity index (χ4n) is 11.6. The van der Waals surface area contributed by atoms with Gasteiger partial charge in [0.15, 0.2) is 0 Å². The molecular weight excluding hydrogens is 936 g/mol. The Labute approximate surface area is 459 Å². The molecule has 0 atom stereocenters. The van der Waals surface area contributed by atoms with Gasteiger partial charge in [-0.15, -0.1) is 10.2 Å². The molecule has 2 aliphatic heterocycles. The third kappa shape index (κ3) is 9.23. The molecule has 0 bridgehead atoms.